The molecule has 1 aliphatic rings. The predicted molar refractivity (Wildman–Crippen MR) is 178 cm³/mol. The molecule has 0 spiro atoms. The van der Waals surface area contributed by atoms with Crippen LogP contribution < -0.4 is 14.8 Å². The van der Waals surface area contributed by atoms with Crippen LogP contribution >= 0.6 is 0 Å². The minimum atomic E-state index is -4.05. The first-order chi connectivity index (χ1) is 23.1. The Balaban J connectivity index is 1.29. The number of benzene rings is 3. The van der Waals surface area contributed by atoms with Gasteiger partial charge in [-0.3, -0.25) is 4.72 Å². The van der Waals surface area contributed by atoms with Crippen LogP contribution in [0.15, 0.2) is 79.1 Å². The first-order valence-electron chi connectivity index (χ1n) is 15.0. The molecule has 1 saturated heterocycles. The van der Waals surface area contributed by atoms with E-state index in [1.54, 1.807) is 42.7 Å². The number of hydrogen-bond donors (Lipinski definition) is 3. The highest BCUT2D eigenvalue weighted by Gasteiger charge is 2.24. The summed E-state index contributed by atoms with van der Waals surface area (Å²) in [6, 6.07) is 19.2. The highest BCUT2D eigenvalue weighted by Crippen LogP contribution is 2.40. The van der Waals surface area contributed by atoms with Gasteiger partial charge in [-0.1, -0.05) is 24.3 Å². The number of ether oxygens (including phenoxy) is 1. The molecule has 1 atom stereocenters. The van der Waals surface area contributed by atoms with E-state index < -0.39 is 27.7 Å². The van der Waals surface area contributed by atoms with Crippen molar-refractivity contribution in [2.45, 2.75) is 31.6 Å². The summed E-state index contributed by atoms with van der Waals surface area (Å²) in [6.45, 7) is 2.61. The maximum atomic E-state index is 15.2. The number of anilines is 2. The van der Waals surface area contributed by atoms with Crippen LogP contribution in [-0.4, -0.2) is 58.6 Å². The lowest BCUT2D eigenvalue weighted by molar-refractivity contribution is 0.132. The van der Waals surface area contributed by atoms with Crippen molar-refractivity contribution in [1.82, 2.24) is 19.9 Å². The van der Waals surface area contributed by atoms with E-state index in [-0.39, 0.29) is 23.0 Å². The lowest BCUT2D eigenvalue weighted by atomic mass is 10.0. The Kier molecular flexibility index (Phi) is 9.04. The molecule has 244 valence electrons. The van der Waals surface area contributed by atoms with Gasteiger partial charge in [-0.25, -0.2) is 32.6 Å². The molecular formula is C34H30FN7O5S. The second kappa shape index (κ2) is 13.5. The average Bonchev–Trinajstić information content (AvgIpc) is 3.08. The molecular weight excluding hydrogens is 637 g/mol. The van der Waals surface area contributed by atoms with Crippen molar-refractivity contribution < 1.29 is 27.4 Å². The monoisotopic (exact) mass is 667 g/mol. The van der Waals surface area contributed by atoms with Crippen molar-refractivity contribution in [2.24, 2.45) is 0 Å². The number of fused-ring (bicyclic) bond motifs is 1. The van der Waals surface area contributed by atoms with Gasteiger partial charge in [0.15, 0.2) is 0 Å². The third-order valence-electron chi connectivity index (χ3n) is 7.92. The smallest absolute Gasteiger partial charge is 0.407 e. The van der Waals surface area contributed by atoms with E-state index in [0.717, 1.165) is 12.8 Å². The van der Waals surface area contributed by atoms with Gasteiger partial charge in [0, 0.05) is 42.3 Å². The highest BCUT2D eigenvalue weighted by atomic mass is 32.2. The molecule has 3 N–H and O–H groups in total. The van der Waals surface area contributed by atoms with Crippen LogP contribution in [0.1, 0.15) is 29.5 Å². The second-order valence-corrected chi connectivity index (χ2v) is 13.1. The summed E-state index contributed by atoms with van der Waals surface area (Å²) in [5.41, 5.74) is 2.36. The van der Waals surface area contributed by atoms with Crippen LogP contribution in [0.3, 0.4) is 0 Å². The normalized spacial score (nSPS) is 14.7. The molecule has 1 fully saturated rings. The molecule has 0 aliphatic carbocycles. The molecule has 0 radical (unpaired) electrons. The van der Waals surface area contributed by atoms with Crippen molar-refractivity contribution in [2.75, 3.05) is 23.1 Å². The number of halogens is 1. The molecule has 48 heavy (non-hydrogen) atoms. The number of sulfonamides is 1. The van der Waals surface area contributed by atoms with Gasteiger partial charge in [0.05, 0.1) is 34.3 Å². The Morgan fingerprint density at radius 2 is 1.88 bits per heavy atom. The number of piperidine rings is 1. The molecule has 1 unspecified atom stereocenters. The SMILES string of the molecule is Cc1ccc2c(NS(=O)(=O)Cc3ccc(C#N)cc3)c(F)ccc2c1Oc1ncccc1-c1ccnc(NC2CCCN(C(=O)O)C2)n1. The van der Waals surface area contributed by atoms with Crippen LogP contribution in [0.5, 0.6) is 11.6 Å². The Labute approximate surface area is 275 Å². The van der Waals surface area contributed by atoms with E-state index in [1.807, 2.05) is 13.0 Å². The van der Waals surface area contributed by atoms with Crippen LogP contribution in [0.25, 0.3) is 22.0 Å². The zero-order valence-electron chi connectivity index (χ0n) is 25.7. The number of carbonyl (C=O) groups is 1. The van der Waals surface area contributed by atoms with E-state index in [1.165, 1.54) is 41.3 Å². The number of nitriles is 1. The number of aryl methyl sites for hydroxylation is 1. The van der Waals surface area contributed by atoms with Crippen LogP contribution in [0.4, 0.5) is 20.8 Å². The maximum absolute atomic E-state index is 15.2. The first kappa shape index (κ1) is 32.1. The van der Waals surface area contributed by atoms with Crippen LogP contribution in [0.2, 0.25) is 0 Å². The molecule has 5 aromatic rings. The number of aromatic nitrogens is 3. The fraction of sp³-hybridized carbons (Fsp3) is 0.206. The van der Waals surface area contributed by atoms with Crippen LogP contribution in [0, 0.1) is 24.1 Å². The fourth-order valence-corrected chi connectivity index (χ4v) is 6.80. The van der Waals surface area contributed by atoms with Gasteiger partial charge in [0.2, 0.25) is 21.9 Å². The third-order valence-corrected chi connectivity index (χ3v) is 9.15. The van der Waals surface area contributed by atoms with Gasteiger partial charge in [-0.2, -0.15) is 5.26 Å². The van der Waals surface area contributed by atoms with E-state index in [4.69, 9.17) is 10.00 Å². The Morgan fingerprint density at radius 3 is 2.65 bits per heavy atom. The van der Waals surface area contributed by atoms with Crippen molar-refractivity contribution in [3.8, 4) is 29.0 Å². The lowest BCUT2D eigenvalue weighted by Gasteiger charge is -2.31. The van der Waals surface area contributed by atoms with Crippen molar-refractivity contribution in [3.63, 3.8) is 0 Å². The summed E-state index contributed by atoms with van der Waals surface area (Å²) in [6.07, 6.45) is 3.67. The molecule has 12 nitrogen and oxygen atoms in total. The molecule has 1 amide bonds. The lowest BCUT2D eigenvalue weighted by Crippen LogP contribution is -2.44. The van der Waals surface area contributed by atoms with E-state index >= 15 is 4.39 Å². The summed E-state index contributed by atoms with van der Waals surface area (Å²) in [5.74, 6) is -0.294. The summed E-state index contributed by atoms with van der Waals surface area (Å²) < 4.78 is 50.3. The number of hydrogen-bond acceptors (Lipinski definition) is 9. The van der Waals surface area contributed by atoms with E-state index in [2.05, 4.69) is 25.0 Å². The van der Waals surface area contributed by atoms with Gasteiger partial charge < -0.3 is 20.1 Å². The first-order valence-corrected chi connectivity index (χ1v) is 16.7. The van der Waals surface area contributed by atoms with Crippen LogP contribution in [-0.2, 0) is 15.8 Å². The molecule has 14 heteroatoms. The number of nitrogens with one attached hydrogen (secondary N) is 2. The fourth-order valence-electron chi connectivity index (χ4n) is 5.58. The third kappa shape index (κ3) is 7.11. The van der Waals surface area contributed by atoms with Gasteiger partial charge in [-0.05, 0) is 73.4 Å². The van der Waals surface area contributed by atoms with Crippen molar-refractivity contribution >= 4 is 38.5 Å². The molecule has 0 bridgehead atoms. The van der Waals surface area contributed by atoms with Gasteiger partial charge >= 0.3 is 6.09 Å². The largest absolute Gasteiger partial charge is 0.465 e. The van der Waals surface area contributed by atoms with Crippen molar-refractivity contribution in [3.05, 3.63) is 102 Å². The molecule has 3 aromatic carbocycles. The number of rotatable bonds is 9. The summed E-state index contributed by atoms with van der Waals surface area (Å²) in [7, 11) is -4.05. The summed E-state index contributed by atoms with van der Waals surface area (Å²) in [4.78, 5) is 26.2. The minimum Gasteiger partial charge on any atom is -0.465 e. The molecule has 3 heterocycles. The zero-order chi connectivity index (χ0) is 33.8. The highest BCUT2D eigenvalue weighted by molar-refractivity contribution is 7.91. The molecule has 1 aliphatic heterocycles. The van der Waals surface area contributed by atoms with Gasteiger partial charge in [0.25, 0.3) is 0 Å². The minimum absolute atomic E-state index is 0.149. The van der Waals surface area contributed by atoms with Crippen molar-refractivity contribution in [1.29, 1.82) is 5.26 Å². The number of pyridine rings is 1. The predicted octanol–water partition coefficient (Wildman–Crippen LogP) is 6.30. The molecule has 6 rings (SSSR count). The maximum Gasteiger partial charge on any atom is 0.407 e. The standard InChI is InChI=1S/C34H30FN7O5S/c1-21-6-11-25-26(12-13-28(35)30(25)41-48(45,46)20-23-9-7-22(18-36)8-10-23)31(21)47-32-27(5-2-15-37-32)29-14-16-38-33(40-29)39-24-4-3-17-42(19-24)34(43)44/h2,5-16,24,41H,3-4,17,19-20H2,1H3,(H,43,44)(H,38,39,40). The van der Waals surface area contributed by atoms with E-state index in [0.29, 0.717) is 58.1 Å². The Bertz CT molecular complexity index is 2160. The Hall–Kier alpha value is -5.81. The Morgan fingerprint density at radius 1 is 1.08 bits per heavy atom. The number of likely N-dealkylation sites (tertiary alicyclic amines) is 1. The molecule has 0 saturated carbocycles. The molecule has 2 aromatic heterocycles. The number of carboxylic acid groups (broad SMARTS) is 1. The number of nitrogens with zero attached hydrogens (tertiary/aromatic N) is 5. The topological polar surface area (TPSA) is 170 Å². The summed E-state index contributed by atoms with van der Waals surface area (Å²) >= 11 is 0. The quantitative estimate of drug-likeness (QED) is 0.162. The second-order valence-electron chi connectivity index (χ2n) is 11.3. The van der Waals surface area contributed by atoms with E-state index in [9.17, 15) is 18.3 Å². The van der Waals surface area contributed by atoms with Gasteiger partial charge in [0.1, 0.15) is 11.6 Å². The summed E-state index contributed by atoms with van der Waals surface area (Å²) in [5, 5.41) is 22.4. The van der Waals surface area contributed by atoms with Gasteiger partial charge in [-0.15, -0.1) is 0 Å². The zero-order valence-corrected chi connectivity index (χ0v) is 26.5. The number of amides is 1. The average molecular weight is 668 g/mol.